The first-order valence-electron chi connectivity index (χ1n) is 9.76. The van der Waals surface area contributed by atoms with Crippen LogP contribution >= 0.6 is 0 Å². The summed E-state index contributed by atoms with van der Waals surface area (Å²) >= 11 is 0. The molecule has 0 aromatic heterocycles. The van der Waals surface area contributed by atoms with Crippen molar-refractivity contribution in [1.82, 2.24) is 4.90 Å². The maximum absolute atomic E-state index is 5.39. The summed E-state index contributed by atoms with van der Waals surface area (Å²) in [5.74, 6) is 0.944. The second kappa shape index (κ2) is 6.83. The van der Waals surface area contributed by atoms with E-state index in [0.29, 0.717) is 5.41 Å². The number of piperidine rings is 1. The number of hydrogen-bond donors (Lipinski definition) is 0. The van der Waals surface area contributed by atoms with E-state index in [0.717, 1.165) is 24.5 Å². The van der Waals surface area contributed by atoms with E-state index in [1.165, 1.54) is 43.2 Å². The molecular formula is C24H29NO. The van der Waals surface area contributed by atoms with Gasteiger partial charge in [0.05, 0.1) is 7.11 Å². The van der Waals surface area contributed by atoms with E-state index >= 15 is 0 Å². The molecule has 0 atom stereocenters. The lowest BCUT2D eigenvalue weighted by Gasteiger charge is -2.46. The molecule has 2 aliphatic rings. The molecule has 1 spiro atoms. The van der Waals surface area contributed by atoms with Gasteiger partial charge in [-0.25, -0.2) is 0 Å². The van der Waals surface area contributed by atoms with Gasteiger partial charge in [-0.3, -0.25) is 0 Å². The Morgan fingerprint density at radius 1 is 1.04 bits per heavy atom. The van der Waals surface area contributed by atoms with Crippen LogP contribution in [0, 0.1) is 12.3 Å². The first-order valence-corrected chi connectivity index (χ1v) is 9.76. The molecule has 1 fully saturated rings. The molecule has 4 rings (SSSR count). The van der Waals surface area contributed by atoms with Crippen molar-refractivity contribution in [3.05, 3.63) is 71.3 Å². The summed E-state index contributed by atoms with van der Waals surface area (Å²) in [6.07, 6.45) is 6.39. The Hall–Kier alpha value is -2.22. The van der Waals surface area contributed by atoms with Gasteiger partial charge in [-0.15, -0.1) is 0 Å². The van der Waals surface area contributed by atoms with Gasteiger partial charge < -0.3 is 9.64 Å². The van der Waals surface area contributed by atoms with Crippen molar-refractivity contribution in [3.8, 4) is 5.75 Å². The maximum atomic E-state index is 5.39. The minimum atomic E-state index is 0.501. The van der Waals surface area contributed by atoms with Crippen molar-refractivity contribution in [2.75, 3.05) is 20.2 Å². The number of likely N-dealkylation sites (tertiary alicyclic amines) is 1. The molecule has 2 heteroatoms. The third kappa shape index (κ3) is 3.13. The van der Waals surface area contributed by atoms with Crippen LogP contribution < -0.4 is 4.74 Å². The number of benzene rings is 2. The van der Waals surface area contributed by atoms with Crippen molar-refractivity contribution in [1.29, 1.82) is 0 Å². The van der Waals surface area contributed by atoms with E-state index in [1.54, 1.807) is 18.2 Å². The lowest BCUT2D eigenvalue weighted by Crippen LogP contribution is -2.42. The highest BCUT2D eigenvalue weighted by molar-refractivity contribution is 5.64. The lowest BCUT2D eigenvalue weighted by atomic mass is 9.66. The van der Waals surface area contributed by atoms with E-state index in [1.807, 2.05) is 0 Å². The minimum absolute atomic E-state index is 0.501. The number of ether oxygens (including phenoxy) is 1. The molecule has 1 aliphatic heterocycles. The van der Waals surface area contributed by atoms with Crippen LogP contribution in [0.1, 0.15) is 41.5 Å². The molecule has 0 unspecified atom stereocenters. The summed E-state index contributed by atoms with van der Waals surface area (Å²) in [4.78, 5) is 2.48. The average Bonchev–Trinajstić information content (AvgIpc) is 2.68. The maximum Gasteiger partial charge on any atom is 0.121 e. The fraction of sp³-hybridized carbons (Fsp3) is 0.417. The van der Waals surface area contributed by atoms with Crippen LogP contribution in [0.3, 0.4) is 0 Å². The van der Waals surface area contributed by atoms with E-state index in [-0.39, 0.29) is 0 Å². The molecule has 0 bridgehead atoms. The summed E-state index contributed by atoms with van der Waals surface area (Å²) in [5.41, 5.74) is 7.19. The van der Waals surface area contributed by atoms with Gasteiger partial charge in [-0.05, 0) is 84.9 Å². The Kier molecular flexibility index (Phi) is 4.52. The summed E-state index contributed by atoms with van der Waals surface area (Å²) in [6, 6.07) is 15.4. The largest absolute Gasteiger partial charge is 0.496 e. The van der Waals surface area contributed by atoms with Crippen LogP contribution in [0.2, 0.25) is 0 Å². The molecule has 2 aromatic rings. The van der Waals surface area contributed by atoms with Crippen LogP contribution in [0.4, 0.5) is 0 Å². The highest BCUT2D eigenvalue weighted by Gasteiger charge is 2.37. The molecule has 2 nitrogen and oxygen atoms in total. The molecule has 0 N–H and O–H groups in total. The van der Waals surface area contributed by atoms with Crippen molar-refractivity contribution < 1.29 is 4.74 Å². The van der Waals surface area contributed by atoms with E-state index in [9.17, 15) is 0 Å². The molecule has 0 radical (unpaired) electrons. The van der Waals surface area contributed by atoms with Gasteiger partial charge in [-0.1, -0.05) is 30.8 Å². The molecule has 1 saturated heterocycles. The van der Waals surface area contributed by atoms with Crippen molar-refractivity contribution in [2.45, 2.75) is 39.0 Å². The number of hydrogen-bond acceptors (Lipinski definition) is 2. The normalized spacial score (nSPS) is 18.5. The first-order chi connectivity index (χ1) is 12.6. The van der Waals surface area contributed by atoms with E-state index in [2.05, 4.69) is 60.9 Å². The Labute approximate surface area is 157 Å². The molecular weight excluding hydrogens is 318 g/mol. The molecule has 0 amide bonds. The second-order valence-electron chi connectivity index (χ2n) is 8.06. The van der Waals surface area contributed by atoms with Gasteiger partial charge in [-0.2, -0.15) is 0 Å². The molecule has 26 heavy (non-hydrogen) atoms. The van der Waals surface area contributed by atoms with Gasteiger partial charge >= 0.3 is 0 Å². The van der Waals surface area contributed by atoms with Crippen molar-refractivity contribution >= 4 is 5.70 Å². The predicted octanol–water partition coefficient (Wildman–Crippen LogP) is 5.25. The molecule has 2 aromatic carbocycles. The topological polar surface area (TPSA) is 12.5 Å². The highest BCUT2D eigenvalue weighted by atomic mass is 16.5. The van der Waals surface area contributed by atoms with Gasteiger partial charge in [0, 0.05) is 18.8 Å². The SMILES string of the molecule is C=C(c1ccc(OC)c(C)c1)N1CCC2(CCc3ccccc3C2)CC1. The smallest absolute Gasteiger partial charge is 0.121 e. The summed E-state index contributed by atoms with van der Waals surface area (Å²) in [7, 11) is 1.73. The van der Waals surface area contributed by atoms with Gasteiger partial charge in [0.25, 0.3) is 0 Å². The lowest BCUT2D eigenvalue weighted by molar-refractivity contribution is 0.123. The van der Waals surface area contributed by atoms with Crippen LogP contribution in [-0.4, -0.2) is 25.1 Å². The second-order valence-corrected chi connectivity index (χ2v) is 8.06. The standard InChI is InChI=1S/C24H29NO/c1-18-16-21(8-9-23(18)26-3)19(2)25-14-12-24(13-15-25)11-10-20-6-4-5-7-22(20)17-24/h4-9,16H,2,10-15,17H2,1,3H3. The number of aryl methyl sites for hydroxylation is 2. The van der Waals surface area contributed by atoms with Crippen molar-refractivity contribution in [2.24, 2.45) is 5.41 Å². The van der Waals surface area contributed by atoms with Crippen molar-refractivity contribution in [3.63, 3.8) is 0 Å². The first kappa shape index (κ1) is 17.2. The molecule has 136 valence electrons. The third-order valence-electron chi connectivity index (χ3n) is 6.54. The Morgan fingerprint density at radius 3 is 2.46 bits per heavy atom. The van der Waals surface area contributed by atoms with Crippen LogP contribution in [0.5, 0.6) is 5.75 Å². The van der Waals surface area contributed by atoms with Crippen LogP contribution in [0.25, 0.3) is 5.70 Å². The molecule has 1 aliphatic carbocycles. The zero-order valence-electron chi connectivity index (χ0n) is 16.1. The Balaban J connectivity index is 1.44. The average molecular weight is 348 g/mol. The fourth-order valence-electron chi connectivity index (χ4n) is 4.78. The zero-order chi connectivity index (χ0) is 18.1. The van der Waals surface area contributed by atoms with Gasteiger partial charge in [0.2, 0.25) is 0 Å². The van der Waals surface area contributed by atoms with Crippen LogP contribution in [-0.2, 0) is 12.8 Å². The quantitative estimate of drug-likeness (QED) is 0.752. The van der Waals surface area contributed by atoms with Gasteiger partial charge in [0.1, 0.15) is 5.75 Å². The summed E-state index contributed by atoms with van der Waals surface area (Å²) in [6.45, 7) is 8.73. The van der Waals surface area contributed by atoms with E-state index < -0.39 is 0 Å². The van der Waals surface area contributed by atoms with E-state index in [4.69, 9.17) is 4.74 Å². The number of nitrogens with zero attached hydrogens (tertiary/aromatic N) is 1. The Morgan fingerprint density at radius 2 is 1.77 bits per heavy atom. The minimum Gasteiger partial charge on any atom is -0.496 e. The highest BCUT2D eigenvalue weighted by Crippen LogP contribution is 2.44. The number of fused-ring (bicyclic) bond motifs is 1. The summed E-state index contributed by atoms with van der Waals surface area (Å²) in [5, 5.41) is 0. The fourth-order valence-corrected chi connectivity index (χ4v) is 4.78. The van der Waals surface area contributed by atoms with Crippen LogP contribution in [0.15, 0.2) is 49.0 Å². The number of methoxy groups -OCH3 is 1. The predicted molar refractivity (Wildman–Crippen MR) is 108 cm³/mol. The molecule has 0 saturated carbocycles. The summed E-state index contributed by atoms with van der Waals surface area (Å²) < 4.78 is 5.39. The third-order valence-corrected chi connectivity index (χ3v) is 6.54. The zero-order valence-corrected chi connectivity index (χ0v) is 16.1. The Bertz CT molecular complexity index is 815. The van der Waals surface area contributed by atoms with Gasteiger partial charge in [0.15, 0.2) is 0 Å². The monoisotopic (exact) mass is 347 g/mol. The molecule has 1 heterocycles. The number of rotatable bonds is 3.